The van der Waals surface area contributed by atoms with Crippen LogP contribution in [0.15, 0.2) is 41.3 Å². The summed E-state index contributed by atoms with van der Waals surface area (Å²) in [6, 6.07) is 5.69. The molecule has 106 valence electrons. The van der Waals surface area contributed by atoms with Gasteiger partial charge in [-0.25, -0.2) is 17.2 Å². The smallest absolute Gasteiger partial charge is 0.265 e. The molecule has 0 atom stereocenters. The average Bonchev–Trinajstić information content (AvgIpc) is 2.36. The van der Waals surface area contributed by atoms with E-state index >= 15 is 0 Å². The molecule has 0 aliphatic carbocycles. The second-order valence-electron chi connectivity index (χ2n) is 3.84. The summed E-state index contributed by atoms with van der Waals surface area (Å²) in [7, 11) is -4.39. The lowest BCUT2D eigenvalue weighted by atomic mass is 10.3. The summed E-state index contributed by atoms with van der Waals surface area (Å²) in [6.07, 6.45) is 0. The first kappa shape index (κ1) is 14.5. The van der Waals surface area contributed by atoms with Gasteiger partial charge >= 0.3 is 0 Å². The normalized spacial score (nSPS) is 11.3. The van der Waals surface area contributed by atoms with Crippen molar-refractivity contribution in [1.29, 1.82) is 0 Å². The highest BCUT2D eigenvalue weighted by molar-refractivity contribution is 7.92. The summed E-state index contributed by atoms with van der Waals surface area (Å²) in [6.45, 7) is 0. The molecule has 2 rings (SSSR count). The van der Waals surface area contributed by atoms with Crippen LogP contribution < -0.4 is 4.72 Å². The number of phenolic OH excluding ortho intramolecular Hbond substituents is 1. The van der Waals surface area contributed by atoms with E-state index in [1.807, 2.05) is 4.72 Å². The lowest BCUT2D eigenvalue weighted by Crippen LogP contribution is -2.15. The highest BCUT2D eigenvalue weighted by Crippen LogP contribution is 2.29. The Labute approximate surface area is 118 Å². The van der Waals surface area contributed by atoms with E-state index < -0.39 is 32.3 Å². The van der Waals surface area contributed by atoms with Crippen LogP contribution in [0.4, 0.5) is 14.5 Å². The number of halogens is 3. The predicted octanol–water partition coefficient (Wildman–Crippen LogP) is 3.12. The molecule has 0 aromatic heterocycles. The molecule has 0 amide bonds. The highest BCUT2D eigenvalue weighted by Gasteiger charge is 2.21. The van der Waals surface area contributed by atoms with Gasteiger partial charge in [-0.2, -0.15) is 0 Å². The third kappa shape index (κ3) is 3.00. The second-order valence-corrected chi connectivity index (χ2v) is 5.93. The Morgan fingerprint density at radius 3 is 2.50 bits per heavy atom. The van der Waals surface area contributed by atoms with E-state index in [-0.39, 0.29) is 10.7 Å². The van der Waals surface area contributed by atoms with Gasteiger partial charge in [0.05, 0.1) is 5.69 Å². The van der Waals surface area contributed by atoms with E-state index in [9.17, 15) is 22.3 Å². The molecule has 0 saturated heterocycles. The number of sulfonamides is 1. The monoisotopic (exact) mass is 319 g/mol. The van der Waals surface area contributed by atoms with Crippen molar-refractivity contribution in [3.8, 4) is 5.75 Å². The van der Waals surface area contributed by atoms with Gasteiger partial charge in [0.1, 0.15) is 22.3 Å². The summed E-state index contributed by atoms with van der Waals surface area (Å²) >= 11 is 5.67. The standard InChI is InChI=1S/C12H8ClF2NO3S/c13-7-1-4-11(17)10(5-7)16-20(18,19)12-6-8(14)2-3-9(12)15/h1-6,16-17H. The molecule has 0 aliphatic rings. The van der Waals surface area contributed by atoms with Gasteiger partial charge < -0.3 is 5.11 Å². The lowest BCUT2D eigenvalue weighted by Gasteiger charge is -2.10. The SMILES string of the molecule is O=S(=O)(Nc1cc(Cl)ccc1O)c1cc(F)ccc1F. The zero-order valence-electron chi connectivity index (χ0n) is 9.77. The van der Waals surface area contributed by atoms with E-state index in [1.165, 1.54) is 12.1 Å². The number of aromatic hydroxyl groups is 1. The maximum atomic E-state index is 13.5. The van der Waals surface area contributed by atoms with Crippen LogP contribution in [-0.2, 0) is 10.0 Å². The molecule has 0 radical (unpaired) electrons. The minimum absolute atomic E-state index is 0.167. The summed E-state index contributed by atoms with van der Waals surface area (Å²) in [5.74, 6) is -2.41. The molecule has 0 aliphatic heterocycles. The van der Waals surface area contributed by atoms with Gasteiger partial charge in [0.25, 0.3) is 10.0 Å². The van der Waals surface area contributed by atoms with Crippen LogP contribution in [0.1, 0.15) is 0 Å². The summed E-state index contributed by atoms with van der Waals surface area (Å²) in [5.41, 5.74) is -0.235. The fourth-order valence-electron chi connectivity index (χ4n) is 1.47. The Morgan fingerprint density at radius 2 is 1.80 bits per heavy atom. The Hall–Kier alpha value is -1.86. The van der Waals surface area contributed by atoms with Gasteiger partial charge in [0.15, 0.2) is 0 Å². The third-order valence-electron chi connectivity index (χ3n) is 2.39. The van der Waals surface area contributed by atoms with Crippen molar-refractivity contribution in [2.45, 2.75) is 4.90 Å². The lowest BCUT2D eigenvalue weighted by molar-refractivity contribution is 0.477. The summed E-state index contributed by atoms with van der Waals surface area (Å²) < 4.78 is 52.4. The van der Waals surface area contributed by atoms with Crippen molar-refractivity contribution in [2.75, 3.05) is 4.72 Å². The van der Waals surface area contributed by atoms with E-state index in [0.29, 0.717) is 12.1 Å². The minimum Gasteiger partial charge on any atom is -0.506 e. The van der Waals surface area contributed by atoms with Crippen molar-refractivity contribution in [2.24, 2.45) is 0 Å². The van der Waals surface area contributed by atoms with E-state index in [2.05, 4.69) is 0 Å². The molecule has 2 aromatic carbocycles. The topological polar surface area (TPSA) is 66.4 Å². The first-order valence-corrected chi connectivity index (χ1v) is 7.12. The molecule has 2 N–H and O–H groups in total. The Balaban J connectivity index is 2.46. The predicted molar refractivity (Wildman–Crippen MR) is 70.3 cm³/mol. The van der Waals surface area contributed by atoms with Gasteiger partial charge in [0.2, 0.25) is 0 Å². The van der Waals surface area contributed by atoms with Crippen LogP contribution in [0.3, 0.4) is 0 Å². The zero-order valence-corrected chi connectivity index (χ0v) is 11.3. The molecule has 0 unspecified atom stereocenters. The van der Waals surface area contributed by atoms with Crippen molar-refractivity contribution in [1.82, 2.24) is 0 Å². The molecule has 8 heteroatoms. The number of nitrogens with one attached hydrogen (secondary N) is 1. The van der Waals surface area contributed by atoms with Crippen LogP contribution >= 0.6 is 11.6 Å². The number of hydrogen-bond acceptors (Lipinski definition) is 3. The molecule has 0 heterocycles. The largest absolute Gasteiger partial charge is 0.506 e. The van der Waals surface area contributed by atoms with Crippen LogP contribution in [0.25, 0.3) is 0 Å². The molecule has 0 spiro atoms. The number of phenols is 1. The van der Waals surface area contributed by atoms with Gasteiger partial charge in [0, 0.05) is 5.02 Å². The average molecular weight is 320 g/mol. The second kappa shape index (κ2) is 5.26. The van der Waals surface area contributed by atoms with E-state index in [1.54, 1.807) is 0 Å². The minimum atomic E-state index is -4.39. The summed E-state index contributed by atoms with van der Waals surface area (Å²) in [5, 5.41) is 9.68. The van der Waals surface area contributed by atoms with E-state index in [4.69, 9.17) is 11.6 Å². The van der Waals surface area contributed by atoms with Gasteiger partial charge in [-0.15, -0.1) is 0 Å². The number of benzene rings is 2. The van der Waals surface area contributed by atoms with Gasteiger partial charge in [-0.1, -0.05) is 11.6 Å². The fraction of sp³-hybridized carbons (Fsp3) is 0. The van der Waals surface area contributed by atoms with Crippen molar-refractivity contribution >= 4 is 27.3 Å². The maximum Gasteiger partial charge on any atom is 0.265 e. The first-order valence-electron chi connectivity index (χ1n) is 5.26. The Bertz CT molecular complexity index is 765. The van der Waals surface area contributed by atoms with Crippen LogP contribution in [0.5, 0.6) is 5.75 Å². The highest BCUT2D eigenvalue weighted by atomic mass is 35.5. The number of hydrogen-bond donors (Lipinski definition) is 2. The zero-order chi connectivity index (χ0) is 14.9. The third-order valence-corrected chi connectivity index (χ3v) is 4.00. The van der Waals surface area contributed by atoms with Gasteiger partial charge in [-0.05, 0) is 36.4 Å². The molecule has 2 aromatic rings. The molecule has 0 fully saturated rings. The first-order chi connectivity index (χ1) is 9.29. The fourth-order valence-corrected chi connectivity index (χ4v) is 2.80. The molecular weight excluding hydrogens is 312 g/mol. The number of anilines is 1. The van der Waals surface area contributed by atoms with Crippen LogP contribution in [-0.4, -0.2) is 13.5 Å². The molecule has 4 nitrogen and oxygen atoms in total. The Morgan fingerprint density at radius 1 is 1.10 bits per heavy atom. The molecule has 20 heavy (non-hydrogen) atoms. The van der Waals surface area contributed by atoms with Gasteiger partial charge in [-0.3, -0.25) is 4.72 Å². The molecular formula is C12H8ClF2NO3S. The van der Waals surface area contributed by atoms with Crippen molar-refractivity contribution < 1.29 is 22.3 Å². The summed E-state index contributed by atoms with van der Waals surface area (Å²) in [4.78, 5) is -0.864. The van der Waals surface area contributed by atoms with Crippen molar-refractivity contribution in [3.05, 3.63) is 53.1 Å². The molecule has 0 saturated carbocycles. The van der Waals surface area contributed by atoms with Crippen LogP contribution in [0, 0.1) is 11.6 Å². The van der Waals surface area contributed by atoms with E-state index in [0.717, 1.165) is 12.1 Å². The van der Waals surface area contributed by atoms with Crippen LogP contribution in [0.2, 0.25) is 5.02 Å². The quantitative estimate of drug-likeness (QED) is 0.854. The maximum absolute atomic E-state index is 13.5. The number of rotatable bonds is 3. The molecule has 0 bridgehead atoms. The van der Waals surface area contributed by atoms with Crippen molar-refractivity contribution in [3.63, 3.8) is 0 Å². The Kier molecular flexibility index (Phi) is 3.82.